The van der Waals surface area contributed by atoms with Gasteiger partial charge < -0.3 is 9.47 Å². The minimum absolute atomic E-state index is 0.123. The molecule has 0 heterocycles. The highest BCUT2D eigenvalue weighted by Crippen LogP contribution is 1.75. The fraction of sp³-hybridized carbons (Fsp3) is 0.600. The minimum atomic E-state index is -0.555. The van der Waals surface area contributed by atoms with Crippen molar-refractivity contribution >= 4 is 12.3 Å². The Labute approximate surface area is 52.7 Å². The van der Waals surface area contributed by atoms with Gasteiger partial charge in [-0.05, 0) is 0 Å². The van der Waals surface area contributed by atoms with Crippen molar-refractivity contribution in [1.29, 1.82) is 0 Å². The molecule has 0 spiro atoms. The molecule has 9 heavy (non-hydrogen) atoms. The highest BCUT2D eigenvalue weighted by atomic mass is 16.6. The third-order valence-electron chi connectivity index (χ3n) is 0.554. The summed E-state index contributed by atoms with van der Waals surface area (Å²) in [5, 5.41) is 0. The average molecular weight is 131 g/mol. The van der Waals surface area contributed by atoms with Gasteiger partial charge in [0.1, 0.15) is 6.61 Å². The van der Waals surface area contributed by atoms with Crippen LogP contribution in [0.3, 0.4) is 0 Å². The summed E-state index contributed by atoms with van der Waals surface area (Å²) in [6, 6.07) is 0. The van der Waals surface area contributed by atoms with Gasteiger partial charge in [-0.3, -0.25) is 4.79 Å². The molecule has 0 saturated carbocycles. The van der Waals surface area contributed by atoms with Gasteiger partial charge in [0.25, 0.3) is 0 Å². The Morgan fingerprint density at radius 3 is 2.78 bits per heavy atom. The highest BCUT2D eigenvalue weighted by molar-refractivity contribution is 5.72. The summed E-state index contributed by atoms with van der Waals surface area (Å²) in [5.74, 6) is -0.555. The van der Waals surface area contributed by atoms with Crippen LogP contribution < -0.4 is 0 Å². The molecule has 0 amide bonds. The molecule has 0 aliphatic carbocycles. The first kappa shape index (κ1) is 8.10. The Bertz CT molecular complexity index is 99.1. The number of methoxy groups -OCH3 is 1. The SMILES string of the molecule is COCC(=O)OC[C]=O. The maximum absolute atomic E-state index is 10.3. The van der Waals surface area contributed by atoms with Gasteiger partial charge in [0.15, 0.2) is 6.61 Å². The van der Waals surface area contributed by atoms with Gasteiger partial charge in [0.2, 0.25) is 6.29 Å². The lowest BCUT2D eigenvalue weighted by atomic mass is 10.7. The largest absolute Gasteiger partial charge is 0.455 e. The highest BCUT2D eigenvalue weighted by Gasteiger charge is 1.98. The average Bonchev–Trinajstić information content (AvgIpc) is 1.85. The first-order chi connectivity index (χ1) is 4.31. The van der Waals surface area contributed by atoms with Gasteiger partial charge in [-0.15, -0.1) is 0 Å². The molecule has 0 aromatic heterocycles. The Morgan fingerprint density at radius 2 is 2.33 bits per heavy atom. The molecule has 0 atom stereocenters. The van der Waals surface area contributed by atoms with Crippen LogP contribution in [0.2, 0.25) is 0 Å². The number of hydrogen-bond acceptors (Lipinski definition) is 4. The molecular weight excluding hydrogens is 124 g/mol. The number of carbonyl (C=O) groups is 1. The molecule has 4 heteroatoms. The maximum atomic E-state index is 10.3. The predicted octanol–water partition coefficient (Wildman–Crippen LogP) is -0.714. The van der Waals surface area contributed by atoms with Gasteiger partial charge in [-0.1, -0.05) is 0 Å². The summed E-state index contributed by atoms with van der Waals surface area (Å²) in [4.78, 5) is 19.7. The van der Waals surface area contributed by atoms with E-state index in [1.54, 1.807) is 0 Å². The van der Waals surface area contributed by atoms with E-state index < -0.39 is 5.97 Å². The summed E-state index contributed by atoms with van der Waals surface area (Å²) < 4.78 is 8.64. The molecular formula is C5H7O4. The van der Waals surface area contributed by atoms with Crippen molar-refractivity contribution in [3.63, 3.8) is 0 Å². The first-order valence-electron chi connectivity index (χ1n) is 2.31. The van der Waals surface area contributed by atoms with Crippen LogP contribution in [0.25, 0.3) is 0 Å². The summed E-state index contributed by atoms with van der Waals surface area (Å²) in [7, 11) is 1.37. The van der Waals surface area contributed by atoms with E-state index in [1.165, 1.54) is 13.4 Å². The van der Waals surface area contributed by atoms with E-state index in [9.17, 15) is 9.59 Å². The molecule has 0 aliphatic rings. The second-order valence-electron chi connectivity index (χ2n) is 1.24. The number of rotatable bonds is 4. The first-order valence-corrected chi connectivity index (χ1v) is 2.31. The van der Waals surface area contributed by atoms with Crippen molar-refractivity contribution in [3.8, 4) is 0 Å². The van der Waals surface area contributed by atoms with E-state index in [0.29, 0.717) is 0 Å². The zero-order chi connectivity index (χ0) is 7.11. The lowest BCUT2D eigenvalue weighted by Crippen LogP contribution is -2.12. The normalized spacial score (nSPS) is 8.56. The van der Waals surface area contributed by atoms with Crippen molar-refractivity contribution in [2.45, 2.75) is 0 Å². The Morgan fingerprint density at radius 1 is 1.67 bits per heavy atom. The minimum Gasteiger partial charge on any atom is -0.455 e. The van der Waals surface area contributed by atoms with Gasteiger partial charge in [-0.2, -0.15) is 0 Å². The van der Waals surface area contributed by atoms with Crippen LogP contribution in [0, 0.1) is 0 Å². The molecule has 0 aromatic carbocycles. The molecule has 0 aromatic rings. The zero-order valence-corrected chi connectivity index (χ0v) is 5.05. The summed E-state index contributed by atoms with van der Waals surface area (Å²) >= 11 is 0. The maximum Gasteiger partial charge on any atom is 0.332 e. The standard InChI is InChI=1S/C5H7O4/c1-8-4-5(7)9-3-2-6/h3-4H2,1H3. The molecule has 0 bridgehead atoms. The zero-order valence-electron chi connectivity index (χ0n) is 5.05. The number of hydrogen-bond donors (Lipinski definition) is 0. The van der Waals surface area contributed by atoms with Crippen LogP contribution in [0.1, 0.15) is 0 Å². The quantitative estimate of drug-likeness (QED) is 0.473. The summed E-state index contributed by atoms with van der Waals surface area (Å²) in [6.07, 6.45) is 1.41. The smallest absolute Gasteiger partial charge is 0.332 e. The molecule has 51 valence electrons. The van der Waals surface area contributed by atoms with Crippen LogP contribution in [-0.2, 0) is 19.1 Å². The van der Waals surface area contributed by atoms with Crippen molar-refractivity contribution < 1.29 is 19.1 Å². The van der Waals surface area contributed by atoms with E-state index in [-0.39, 0.29) is 13.2 Å². The van der Waals surface area contributed by atoms with E-state index in [4.69, 9.17) is 0 Å². The van der Waals surface area contributed by atoms with E-state index in [0.717, 1.165) is 0 Å². The Balaban J connectivity index is 3.16. The predicted molar refractivity (Wildman–Crippen MR) is 28.5 cm³/mol. The van der Waals surface area contributed by atoms with E-state index in [1.807, 2.05) is 0 Å². The molecule has 0 aliphatic heterocycles. The van der Waals surface area contributed by atoms with Crippen molar-refractivity contribution in [3.05, 3.63) is 0 Å². The molecule has 0 unspecified atom stereocenters. The number of esters is 1. The molecule has 0 rings (SSSR count). The Kier molecular flexibility index (Phi) is 4.72. The van der Waals surface area contributed by atoms with Crippen LogP contribution in [0.5, 0.6) is 0 Å². The van der Waals surface area contributed by atoms with Crippen LogP contribution in [0.4, 0.5) is 0 Å². The third kappa shape index (κ3) is 4.96. The van der Waals surface area contributed by atoms with Crippen LogP contribution in [0.15, 0.2) is 0 Å². The molecule has 0 fully saturated rings. The monoisotopic (exact) mass is 131 g/mol. The topological polar surface area (TPSA) is 52.6 Å². The van der Waals surface area contributed by atoms with Gasteiger partial charge in [-0.25, -0.2) is 4.79 Å². The molecule has 4 nitrogen and oxygen atoms in total. The molecule has 0 saturated heterocycles. The number of ether oxygens (including phenoxy) is 2. The summed E-state index contributed by atoms with van der Waals surface area (Å²) in [5.41, 5.74) is 0. The summed E-state index contributed by atoms with van der Waals surface area (Å²) in [6.45, 7) is -0.441. The lowest BCUT2D eigenvalue weighted by Gasteiger charge is -1.96. The Hall–Kier alpha value is -0.900. The lowest BCUT2D eigenvalue weighted by molar-refractivity contribution is -0.146. The second-order valence-corrected chi connectivity index (χ2v) is 1.24. The van der Waals surface area contributed by atoms with Crippen LogP contribution in [-0.4, -0.2) is 32.6 Å². The fourth-order valence-corrected chi connectivity index (χ4v) is 0.269. The fourth-order valence-electron chi connectivity index (χ4n) is 0.269. The van der Waals surface area contributed by atoms with Gasteiger partial charge in [0, 0.05) is 7.11 Å². The van der Waals surface area contributed by atoms with Crippen molar-refractivity contribution in [2.75, 3.05) is 20.3 Å². The van der Waals surface area contributed by atoms with Crippen molar-refractivity contribution in [2.24, 2.45) is 0 Å². The van der Waals surface area contributed by atoms with E-state index in [2.05, 4.69) is 9.47 Å². The third-order valence-corrected chi connectivity index (χ3v) is 0.554. The van der Waals surface area contributed by atoms with Gasteiger partial charge in [0.05, 0.1) is 0 Å². The van der Waals surface area contributed by atoms with Crippen LogP contribution >= 0.6 is 0 Å². The van der Waals surface area contributed by atoms with E-state index >= 15 is 0 Å². The van der Waals surface area contributed by atoms with Gasteiger partial charge >= 0.3 is 5.97 Å². The van der Waals surface area contributed by atoms with Crippen molar-refractivity contribution in [1.82, 2.24) is 0 Å². The second kappa shape index (κ2) is 5.24. The molecule has 0 N–H and O–H groups in total. The molecule has 1 radical (unpaired) electrons. The number of carbonyl (C=O) groups excluding carboxylic acids is 2.